The molecule has 0 aliphatic carbocycles. The molecule has 0 saturated carbocycles. The maximum absolute atomic E-state index is 11.9. The Bertz CT molecular complexity index is 981. The van der Waals surface area contributed by atoms with Gasteiger partial charge in [-0.1, -0.05) is 94.5 Å². The average Bonchev–Trinajstić information content (AvgIpc) is 3.15. The number of rotatable bonds is 8. The standard InChI is InChI=1S/C18H14Cl2N4OS3/c19-14-7-3-1-5-12(14)9-21-22-16(25)11-27-18-24-23-17(28-18)26-10-13-6-2-4-8-15(13)20/h1-9H,10-11H2,(H,22,25). The lowest BCUT2D eigenvalue weighted by Gasteiger charge is -2.00. The number of nitrogens with one attached hydrogen (secondary N) is 1. The summed E-state index contributed by atoms with van der Waals surface area (Å²) in [5.41, 5.74) is 4.26. The molecule has 1 amide bonds. The molecule has 28 heavy (non-hydrogen) atoms. The van der Waals surface area contributed by atoms with Crippen molar-refractivity contribution in [1.29, 1.82) is 0 Å². The minimum absolute atomic E-state index is 0.198. The van der Waals surface area contributed by atoms with Crippen LogP contribution in [0.15, 0.2) is 62.3 Å². The van der Waals surface area contributed by atoms with Crippen LogP contribution >= 0.6 is 58.1 Å². The molecule has 1 N–H and O–H groups in total. The van der Waals surface area contributed by atoms with E-state index in [0.717, 1.165) is 30.6 Å². The molecule has 3 rings (SSSR count). The van der Waals surface area contributed by atoms with E-state index in [0.29, 0.717) is 5.02 Å². The Morgan fingerprint density at radius 2 is 1.71 bits per heavy atom. The Balaban J connectivity index is 1.43. The topological polar surface area (TPSA) is 67.2 Å². The molecule has 0 saturated heterocycles. The van der Waals surface area contributed by atoms with Crippen molar-refractivity contribution in [1.82, 2.24) is 15.6 Å². The summed E-state index contributed by atoms with van der Waals surface area (Å²) in [6.45, 7) is 0. The van der Waals surface area contributed by atoms with E-state index in [9.17, 15) is 4.79 Å². The summed E-state index contributed by atoms with van der Waals surface area (Å²) in [5, 5.41) is 13.5. The monoisotopic (exact) mass is 468 g/mol. The van der Waals surface area contributed by atoms with Gasteiger partial charge in [0.25, 0.3) is 5.91 Å². The molecule has 0 bridgehead atoms. The summed E-state index contributed by atoms with van der Waals surface area (Å²) in [6.07, 6.45) is 1.51. The van der Waals surface area contributed by atoms with Crippen LogP contribution in [0.2, 0.25) is 10.0 Å². The fourth-order valence-electron chi connectivity index (χ4n) is 1.98. The normalized spacial score (nSPS) is 11.1. The molecule has 0 atom stereocenters. The first-order valence-corrected chi connectivity index (χ1v) is 11.5. The van der Waals surface area contributed by atoms with E-state index < -0.39 is 0 Å². The number of amides is 1. The quantitative estimate of drug-likeness (QED) is 0.273. The van der Waals surface area contributed by atoms with Crippen LogP contribution in [0.3, 0.4) is 0 Å². The van der Waals surface area contributed by atoms with Gasteiger partial charge in [0.2, 0.25) is 0 Å². The van der Waals surface area contributed by atoms with Gasteiger partial charge in [-0.2, -0.15) is 5.10 Å². The molecule has 0 aliphatic heterocycles. The summed E-state index contributed by atoms with van der Waals surface area (Å²) in [4.78, 5) is 11.9. The summed E-state index contributed by atoms with van der Waals surface area (Å²) >= 11 is 16.5. The van der Waals surface area contributed by atoms with Crippen molar-refractivity contribution in [3.8, 4) is 0 Å². The third-order valence-corrected chi connectivity index (χ3v) is 7.27. The molecule has 1 heterocycles. The molecule has 0 aliphatic rings. The van der Waals surface area contributed by atoms with Gasteiger partial charge in [0, 0.05) is 21.4 Å². The summed E-state index contributed by atoms with van der Waals surface area (Å²) in [7, 11) is 0. The highest BCUT2D eigenvalue weighted by atomic mass is 35.5. The second-order valence-corrected chi connectivity index (χ2v) is 9.55. The first kappa shape index (κ1) is 21.1. The average molecular weight is 469 g/mol. The second kappa shape index (κ2) is 10.8. The predicted molar refractivity (Wildman–Crippen MR) is 119 cm³/mol. The van der Waals surface area contributed by atoms with E-state index in [1.54, 1.807) is 17.8 Å². The summed E-state index contributed by atoms with van der Waals surface area (Å²) < 4.78 is 1.56. The van der Waals surface area contributed by atoms with Crippen molar-refractivity contribution in [2.75, 3.05) is 5.75 Å². The molecular formula is C18H14Cl2N4OS3. The third kappa shape index (κ3) is 6.49. The van der Waals surface area contributed by atoms with Crippen LogP contribution in [0.5, 0.6) is 0 Å². The molecule has 0 unspecified atom stereocenters. The van der Waals surface area contributed by atoms with Crippen LogP contribution in [0.4, 0.5) is 0 Å². The Kier molecular flexibility index (Phi) is 8.17. The molecular weight excluding hydrogens is 455 g/mol. The van der Waals surface area contributed by atoms with Crippen LogP contribution in [-0.2, 0) is 10.5 Å². The first-order chi connectivity index (χ1) is 13.6. The van der Waals surface area contributed by atoms with Crippen molar-refractivity contribution in [3.05, 3.63) is 69.7 Å². The number of benzene rings is 2. The maximum Gasteiger partial charge on any atom is 0.250 e. The largest absolute Gasteiger partial charge is 0.272 e. The van der Waals surface area contributed by atoms with E-state index in [2.05, 4.69) is 20.7 Å². The van der Waals surface area contributed by atoms with Gasteiger partial charge in [0.05, 0.1) is 12.0 Å². The number of carbonyl (C=O) groups excluding carboxylic acids is 1. The Morgan fingerprint density at radius 3 is 2.46 bits per heavy atom. The molecule has 0 fully saturated rings. The van der Waals surface area contributed by atoms with Crippen LogP contribution < -0.4 is 5.43 Å². The molecule has 0 spiro atoms. The Labute approximate surface area is 184 Å². The van der Waals surface area contributed by atoms with Gasteiger partial charge in [0.1, 0.15) is 0 Å². The number of nitrogens with zero attached hydrogens (tertiary/aromatic N) is 3. The van der Waals surface area contributed by atoms with Gasteiger partial charge in [-0.15, -0.1) is 10.2 Å². The fourth-order valence-corrected chi connectivity index (χ4v) is 5.26. The number of hydrazone groups is 1. The lowest BCUT2D eigenvalue weighted by molar-refractivity contribution is -0.118. The van der Waals surface area contributed by atoms with Gasteiger partial charge in [0.15, 0.2) is 8.68 Å². The van der Waals surface area contributed by atoms with Crippen LogP contribution in [0, 0.1) is 0 Å². The maximum atomic E-state index is 11.9. The number of carbonyl (C=O) groups is 1. The Morgan fingerprint density at radius 1 is 1.04 bits per heavy atom. The fraction of sp³-hybridized carbons (Fsp3) is 0.111. The van der Waals surface area contributed by atoms with Crippen molar-refractivity contribution >= 4 is 70.2 Å². The molecule has 3 aromatic rings. The number of hydrogen-bond acceptors (Lipinski definition) is 7. The lowest BCUT2D eigenvalue weighted by Crippen LogP contribution is -2.19. The molecule has 1 aromatic heterocycles. The highest BCUT2D eigenvalue weighted by Crippen LogP contribution is 2.32. The van der Waals surface area contributed by atoms with Crippen molar-refractivity contribution in [2.24, 2.45) is 5.10 Å². The van der Waals surface area contributed by atoms with Crippen molar-refractivity contribution in [3.63, 3.8) is 0 Å². The third-order valence-electron chi connectivity index (χ3n) is 3.32. The van der Waals surface area contributed by atoms with Gasteiger partial charge >= 0.3 is 0 Å². The van der Waals surface area contributed by atoms with Gasteiger partial charge < -0.3 is 0 Å². The smallest absolute Gasteiger partial charge is 0.250 e. The number of halogens is 2. The summed E-state index contributed by atoms with van der Waals surface area (Å²) in [5.74, 6) is 0.689. The van der Waals surface area contributed by atoms with Gasteiger partial charge in [-0.25, -0.2) is 5.43 Å². The van der Waals surface area contributed by atoms with E-state index >= 15 is 0 Å². The highest BCUT2D eigenvalue weighted by molar-refractivity contribution is 8.03. The molecule has 0 radical (unpaired) electrons. The zero-order chi connectivity index (χ0) is 19.8. The van der Waals surface area contributed by atoms with Crippen LogP contribution in [-0.4, -0.2) is 28.1 Å². The second-order valence-electron chi connectivity index (χ2n) is 5.32. The SMILES string of the molecule is O=C(CSc1nnc(SCc2ccccc2Cl)s1)NN=Cc1ccccc1Cl. The minimum Gasteiger partial charge on any atom is -0.272 e. The van der Waals surface area contributed by atoms with Crippen molar-refractivity contribution in [2.45, 2.75) is 14.4 Å². The zero-order valence-electron chi connectivity index (χ0n) is 14.3. The van der Waals surface area contributed by atoms with Gasteiger partial charge in [-0.05, 0) is 17.7 Å². The number of thioether (sulfide) groups is 2. The molecule has 144 valence electrons. The molecule has 2 aromatic carbocycles. The van der Waals surface area contributed by atoms with E-state index in [1.807, 2.05) is 42.5 Å². The highest BCUT2D eigenvalue weighted by Gasteiger charge is 2.09. The van der Waals surface area contributed by atoms with Crippen LogP contribution in [0.1, 0.15) is 11.1 Å². The first-order valence-electron chi connectivity index (χ1n) is 8.01. The molecule has 10 heteroatoms. The van der Waals surface area contributed by atoms with Crippen molar-refractivity contribution < 1.29 is 4.79 Å². The minimum atomic E-state index is -0.228. The summed E-state index contributed by atoms with van der Waals surface area (Å²) in [6, 6.07) is 15.0. The lowest BCUT2D eigenvalue weighted by atomic mass is 10.2. The number of hydrogen-bond donors (Lipinski definition) is 1. The van der Waals surface area contributed by atoms with E-state index in [4.69, 9.17) is 23.2 Å². The molecule has 5 nitrogen and oxygen atoms in total. The van der Waals surface area contributed by atoms with Gasteiger partial charge in [-0.3, -0.25) is 4.79 Å². The van der Waals surface area contributed by atoms with Crippen LogP contribution in [0.25, 0.3) is 0 Å². The zero-order valence-corrected chi connectivity index (χ0v) is 18.3. The van der Waals surface area contributed by atoms with E-state index in [1.165, 1.54) is 29.3 Å². The Hall–Kier alpha value is -1.58. The van der Waals surface area contributed by atoms with E-state index in [-0.39, 0.29) is 11.7 Å². The number of aromatic nitrogens is 2. The predicted octanol–water partition coefficient (Wildman–Crippen LogP) is 5.38.